The summed E-state index contributed by atoms with van der Waals surface area (Å²) in [4.78, 5) is 13.6. The first kappa shape index (κ1) is 19.8. The quantitative estimate of drug-likeness (QED) is 0.573. The smallest absolute Gasteiger partial charge is 0.222 e. The van der Waals surface area contributed by atoms with Crippen LogP contribution >= 0.6 is 24.0 Å². The van der Waals surface area contributed by atoms with Crippen molar-refractivity contribution in [3.63, 3.8) is 0 Å². The van der Waals surface area contributed by atoms with Gasteiger partial charge in [0.05, 0.1) is 6.04 Å². The standard InChI is InChI=1S/C21H21FN4OS2/c1-13-2-4-14(5-3-13)20-24-25-21(28)26(20)10-8-19(27)23-17-9-11-29-18-7-6-15(22)12-16(17)18/h2-7,12,17H,8-11H2,1H3,(H,23,27)(H,25,28). The molecule has 3 aromatic rings. The zero-order valence-corrected chi connectivity index (χ0v) is 17.6. The molecule has 1 aromatic heterocycles. The van der Waals surface area contributed by atoms with Crippen LogP contribution in [0.2, 0.25) is 0 Å². The number of benzene rings is 2. The third-order valence-electron chi connectivity index (χ3n) is 4.98. The number of amides is 1. The Hall–Kier alpha value is -2.45. The maximum Gasteiger partial charge on any atom is 0.222 e. The molecular weight excluding hydrogens is 407 g/mol. The fraction of sp³-hybridized carbons (Fsp3) is 0.286. The summed E-state index contributed by atoms with van der Waals surface area (Å²) in [6, 6.07) is 12.6. The Labute approximate surface area is 177 Å². The first-order valence-corrected chi connectivity index (χ1v) is 10.8. The first-order chi connectivity index (χ1) is 14.0. The van der Waals surface area contributed by atoms with Crippen LogP contribution in [0.25, 0.3) is 11.4 Å². The number of rotatable bonds is 5. The largest absolute Gasteiger partial charge is 0.349 e. The highest BCUT2D eigenvalue weighted by molar-refractivity contribution is 7.99. The number of aromatic nitrogens is 3. The van der Waals surface area contributed by atoms with Crippen molar-refractivity contribution in [2.24, 2.45) is 0 Å². The van der Waals surface area contributed by atoms with Crippen LogP contribution in [0.4, 0.5) is 4.39 Å². The molecule has 0 saturated heterocycles. The number of nitrogens with one attached hydrogen (secondary N) is 2. The average Bonchev–Trinajstić information content (AvgIpc) is 3.08. The summed E-state index contributed by atoms with van der Waals surface area (Å²) in [5, 5.41) is 10.2. The van der Waals surface area contributed by atoms with Gasteiger partial charge < -0.3 is 5.32 Å². The van der Waals surface area contributed by atoms with Crippen molar-refractivity contribution in [1.29, 1.82) is 0 Å². The number of aryl methyl sites for hydroxylation is 1. The number of thioether (sulfide) groups is 1. The Bertz CT molecular complexity index is 1090. The molecule has 1 amide bonds. The molecule has 0 bridgehead atoms. The lowest BCUT2D eigenvalue weighted by molar-refractivity contribution is -0.122. The van der Waals surface area contributed by atoms with E-state index >= 15 is 0 Å². The van der Waals surface area contributed by atoms with Crippen molar-refractivity contribution in [3.8, 4) is 11.4 Å². The van der Waals surface area contributed by atoms with Crippen LogP contribution in [0.1, 0.15) is 30.0 Å². The van der Waals surface area contributed by atoms with E-state index in [2.05, 4.69) is 15.5 Å². The molecule has 0 saturated carbocycles. The average molecular weight is 429 g/mol. The molecule has 0 aliphatic carbocycles. The molecule has 1 aliphatic rings. The van der Waals surface area contributed by atoms with Crippen LogP contribution < -0.4 is 5.32 Å². The lowest BCUT2D eigenvalue weighted by Gasteiger charge is -2.26. The van der Waals surface area contributed by atoms with Crippen molar-refractivity contribution in [1.82, 2.24) is 20.1 Å². The summed E-state index contributed by atoms with van der Waals surface area (Å²) < 4.78 is 16.0. The van der Waals surface area contributed by atoms with Gasteiger partial charge >= 0.3 is 0 Å². The predicted octanol–water partition coefficient (Wildman–Crippen LogP) is 4.80. The van der Waals surface area contributed by atoms with Crippen molar-refractivity contribution < 1.29 is 9.18 Å². The van der Waals surface area contributed by atoms with E-state index in [9.17, 15) is 9.18 Å². The number of nitrogens with zero attached hydrogens (tertiary/aromatic N) is 2. The van der Waals surface area contributed by atoms with Gasteiger partial charge in [0.2, 0.25) is 5.91 Å². The minimum absolute atomic E-state index is 0.0879. The number of aromatic amines is 1. The Kier molecular flexibility index (Phi) is 5.82. The van der Waals surface area contributed by atoms with Crippen molar-refractivity contribution >= 4 is 29.9 Å². The molecule has 8 heteroatoms. The highest BCUT2D eigenvalue weighted by Crippen LogP contribution is 2.36. The van der Waals surface area contributed by atoms with Gasteiger partial charge in [-0.1, -0.05) is 29.8 Å². The monoisotopic (exact) mass is 428 g/mol. The highest BCUT2D eigenvalue weighted by Gasteiger charge is 2.23. The first-order valence-electron chi connectivity index (χ1n) is 9.45. The molecule has 0 radical (unpaired) electrons. The molecule has 2 aromatic carbocycles. The molecule has 2 heterocycles. The molecule has 1 aliphatic heterocycles. The Morgan fingerprint density at radius 2 is 2.14 bits per heavy atom. The van der Waals surface area contributed by atoms with Gasteiger partial charge in [0, 0.05) is 29.2 Å². The van der Waals surface area contributed by atoms with Crippen LogP contribution in [0, 0.1) is 17.5 Å². The lowest BCUT2D eigenvalue weighted by atomic mass is 10.0. The summed E-state index contributed by atoms with van der Waals surface area (Å²) in [7, 11) is 0. The van der Waals surface area contributed by atoms with Crippen LogP contribution in [-0.4, -0.2) is 26.4 Å². The van der Waals surface area contributed by atoms with E-state index in [-0.39, 0.29) is 24.2 Å². The Morgan fingerprint density at radius 3 is 2.93 bits per heavy atom. The summed E-state index contributed by atoms with van der Waals surface area (Å²) in [5.41, 5.74) is 2.96. The number of carbonyl (C=O) groups is 1. The van der Waals surface area contributed by atoms with E-state index in [4.69, 9.17) is 12.2 Å². The SMILES string of the molecule is Cc1ccc(-c2n[nH]c(=S)n2CCC(=O)NC2CCSc3ccc(F)cc32)cc1. The third kappa shape index (κ3) is 4.43. The van der Waals surface area contributed by atoms with E-state index in [1.165, 1.54) is 12.1 Å². The molecule has 29 heavy (non-hydrogen) atoms. The van der Waals surface area contributed by atoms with Crippen LogP contribution in [0.5, 0.6) is 0 Å². The van der Waals surface area contributed by atoms with Crippen LogP contribution in [0.15, 0.2) is 47.4 Å². The summed E-state index contributed by atoms with van der Waals surface area (Å²) in [6.45, 7) is 2.45. The van der Waals surface area contributed by atoms with Crippen LogP contribution in [0.3, 0.4) is 0 Å². The molecule has 0 fully saturated rings. The van der Waals surface area contributed by atoms with E-state index in [1.807, 2.05) is 35.8 Å². The normalized spacial score (nSPS) is 15.7. The van der Waals surface area contributed by atoms with E-state index in [0.29, 0.717) is 17.1 Å². The molecular formula is C21H21FN4OS2. The van der Waals surface area contributed by atoms with Gasteiger partial charge in [0.15, 0.2) is 10.6 Å². The minimum Gasteiger partial charge on any atom is -0.349 e. The molecule has 0 spiro atoms. The second-order valence-electron chi connectivity index (χ2n) is 7.06. The molecule has 1 unspecified atom stereocenters. The molecule has 1 atom stereocenters. The number of halogens is 1. The predicted molar refractivity (Wildman–Crippen MR) is 115 cm³/mol. The van der Waals surface area contributed by atoms with Gasteiger partial charge in [-0.15, -0.1) is 11.8 Å². The summed E-state index contributed by atoms with van der Waals surface area (Å²) in [6.07, 6.45) is 1.05. The topological polar surface area (TPSA) is 62.7 Å². The minimum atomic E-state index is -0.280. The van der Waals surface area contributed by atoms with E-state index < -0.39 is 0 Å². The zero-order chi connectivity index (χ0) is 20.4. The molecule has 5 nitrogen and oxygen atoms in total. The number of hydrogen-bond acceptors (Lipinski definition) is 4. The molecule has 2 N–H and O–H groups in total. The van der Waals surface area contributed by atoms with E-state index in [1.54, 1.807) is 17.8 Å². The number of hydrogen-bond donors (Lipinski definition) is 2. The van der Waals surface area contributed by atoms with Gasteiger partial charge in [-0.25, -0.2) is 4.39 Å². The fourth-order valence-corrected chi connectivity index (χ4v) is 4.77. The Balaban J connectivity index is 1.45. The van der Waals surface area contributed by atoms with Crippen molar-refractivity contribution in [2.75, 3.05) is 5.75 Å². The Morgan fingerprint density at radius 1 is 1.34 bits per heavy atom. The highest BCUT2D eigenvalue weighted by atomic mass is 32.2. The zero-order valence-electron chi connectivity index (χ0n) is 15.9. The maximum absolute atomic E-state index is 13.7. The van der Waals surface area contributed by atoms with Crippen molar-refractivity contribution in [2.45, 2.75) is 37.2 Å². The summed E-state index contributed by atoms with van der Waals surface area (Å²) >= 11 is 7.04. The van der Waals surface area contributed by atoms with Crippen molar-refractivity contribution in [3.05, 3.63) is 64.2 Å². The number of H-pyrrole nitrogens is 1. The number of fused-ring (bicyclic) bond motifs is 1. The van der Waals surface area contributed by atoms with Gasteiger partial charge in [0.25, 0.3) is 0 Å². The number of carbonyl (C=O) groups excluding carboxylic acids is 1. The molecule has 150 valence electrons. The molecule has 4 rings (SSSR count). The second kappa shape index (κ2) is 8.51. The van der Waals surface area contributed by atoms with Gasteiger partial charge in [0.1, 0.15) is 5.82 Å². The van der Waals surface area contributed by atoms with Gasteiger partial charge in [-0.2, -0.15) is 5.10 Å². The maximum atomic E-state index is 13.7. The van der Waals surface area contributed by atoms with Gasteiger partial charge in [-0.3, -0.25) is 14.5 Å². The lowest BCUT2D eigenvalue weighted by Crippen LogP contribution is -2.31. The van der Waals surface area contributed by atoms with Crippen LogP contribution in [-0.2, 0) is 11.3 Å². The third-order valence-corrected chi connectivity index (χ3v) is 6.41. The second-order valence-corrected chi connectivity index (χ2v) is 8.58. The summed E-state index contributed by atoms with van der Waals surface area (Å²) in [5.74, 6) is 1.24. The fourth-order valence-electron chi connectivity index (χ4n) is 3.44. The van der Waals surface area contributed by atoms with Gasteiger partial charge in [-0.05, 0) is 49.3 Å². The van der Waals surface area contributed by atoms with E-state index in [0.717, 1.165) is 33.8 Å².